The van der Waals surface area contributed by atoms with Crippen molar-refractivity contribution in [3.8, 4) is 5.75 Å². The fourth-order valence-electron chi connectivity index (χ4n) is 0.856. The summed E-state index contributed by atoms with van der Waals surface area (Å²) in [5, 5.41) is 11.5. The SMILES string of the molecule is NOCC(=O)Nc1cccc(O)c1. The van der Waals surface area contributed by atoms with Gasteiger partial charge in [-0.3, -0.25) is 9.63 Å². The van der Waals surface area contributed by atoms with Gasteiger partial charge in [0.15, 0.2) is 0 Å². The summed E-state index contributed by atoms with van der Waals surface area (Å²) in [4.78, 5) is 15.1. The first kappa shape index (κ1) is 9.50. The van der Waals surface area contributed by atoms with E-state index >= 15 is 0 Å². The first-order valence-corrected chi connectivity index (χ1v) is 3.63. The molecule has 0 aromatic heterocycles. The average Bonchev–Trinajstić information content (AvgIpc) is 2.04. The van der Waals surface area contributed by atoms with Crippen molar-refractivity contribution in [2.75, 3.05) is 11.9 Å². The van der Waals surface area contributed by atoms with E-state index in [1.165, 1.54) is 12.1 Å². The molecule has 0 heterocycles. The van der Waals surface area contributed by atoms with Gasteiger partial charge in [-0.2, -0.15) is 0 Å². The smallest absolute Gasteiger partial charge is 0.252 e. The number of amides is 1. The van der Waals surface area contributed by atoms with E-state index in [-0.39, 0.29) is 18.3 Å². The second-order valence-electron chi connectivity index (χ2n) is 2.41. The number of rotatable bonds is 3. The van der Waals surface area contributed by atoms with Gasteiger partial charge in [-0.25, -0.2) is 5.90 Å². The number of carbonyl (C=O) groups is 1. The van der Waals surface area contributed by atoms with E-state index < -0.39 is 0 Å². The van der Waals surface area contributed by atoms with Crippen LogP contribution < -0.4 is 11.2 Å². The molecule has 0 aliphatic rings. The molecule has 0 spiro atoms. The number of nitrogens with one attached hydrogen (secondary N) is 1. The zero-order chi connectivity index (χ0) is 9.68. The molecule has 1 aromatic rings. The number of phenols is 1. The summed E-state index contributed by atoms with van der Waals surface area (Å²) in [7, 11) is 0. The summed E-state index contributed by atoms with van der Waals surface area (Å²) in [5.74, 6) is 4.42. The van der Waals surface area contributed by atoms with Gasteiger partial charge >= 0.3 is 0 Å². The highest BCUT2D eigenvalue weighted by molar-refractivity contribution is 5.91. The Bertz CT molecular complexity index is 301. The van der Waals surface area contributed by atoms with Crippen molar-refractivity contribution in [2.45, 2.75) is 0 Å². The monoisotopic (exact) mass is 182 g/mol. The fraction of sp³-hybridized carbons (Fsp3) is 0.125. The van der Waals surface area contributed by atoms with Crippen LogP contribution in [0.25, 0.3) is 0 Å². The number of phenolic OH excluding ortho intramolecular Hbond substituents is 1. The van der Waals surface area contributed by atoms with Crippen LogP contribution in [0.4, 0.5) is 5.69 Å². The Labute approximate surface area is 75.1 Å². The van der Waals surface area contributed by atoms with Crippen LogP contribution in [-0.4, -0.2) is 17.6 Å². The summed E-state index contributed by atoms with van der Waals surface area (Å²) in [5.41, 5.74) is 0.502. The summed E-state index contributed by atoms with van der Waals surface area (Å²) in [6, 6.07) is 6.20. The molecule has 0 radical (unpaired) electrons. The van der Waals surface area contributed by atoms with Gasteiger partial charge in [0.2, 0.25) is 0 Å². The summed E-state index contributed by atoms with van der Waals surface area (Å²) in [6.45, 7) is -0.213. The molecular weight excluding hydrogens is 172 g/mol. The van der Waals surface area contributed by atoms with Crippen LogP contribution in [0.5, 0.6) is 5.75 Å². The number of hydrogen-bond acceptors (Lipinski definition) is 4. The van der Waals surface area contributed by atoms with Crippen LogP contribution in [0.1, 0.15) is 0 Å². The van der Waals surface area contributed by atoms with Gasteiger partial charge in [-0.15, -0.1) is 0 Å². The quantitative estimate of drug-likeness (QED) is 0.584. The second-order valence-corrected chi connectivity index (χ2v) is 2.41. The Kier molecular flexibility index (Phi) is 3.24. The van der Waals surface area contributed by atoms with Crippen molar-refractivity contribution in [3.63, 3.8) is 0 Å². The molecule has 13 heavy (non-hydrogen) atoms. The van der Waals surface area contributed by atoms with Crippen LogP contribution in [0, 0.1) is 0 Å². The second kappa shape index (κ2) is 4.44. The molecule has 0 aliphatic heterocycles. The standard InChI is InChI=1S/C8H10N2O3/c9-13-5-8(12)10-6-2-1-3-7(11)4-6/h1-4,11H,5,9H2,(H,10,12). The lowest BCUT2D eigenvalue weighted by Gasteiger charge is -2.03. The van der Waals surface area contributed by atoms with E-state index in [9.17, 15) is 4.79 Å². The highest BCUT2D eigenvalue weighted by Crippen LogP contribution is 2.14. The van der Waals surface area contributed by atoms with Crippen LogP contribution in [0.3, 0.4) is 0 Å². The van der Waals surface area contributed by atoms with Crippen LogP contribution in [0.15, 0.2) is 24.3 Å². The van der Waals surface area contributed by atoms with Gasteiger partial charge in [0.05, 0.1) is 0 Å². The fourth-order valence-corrected chi connectivity index (χ4v) is 0.856. The maximum absolute atomic E-state index is 10.9. The van der Waals surface area contributed by atoms with E-state index in [0.717, 1.165) is 0 Å². The maximum atomic E-state index is 10.9. The van der Waals surface area contributed by atoms with Crippen molar-refractivity contribution in [3.05, 3.63) is 24.3 Å². The molecule has 0 saturated heterocycles. The molecule has 1 rings (SSSR count). The minimum Gasteiger partial charge on any atom is -0.508 e. The van der Waals surface area contributed by atoms with E-state index in [0.29, 0.717) is 5.69 Å². The van der Waals surface area contributed by atoms with E-state index in [2.05, 4.69) is 10.2 Å². The highest BCUT2D eigenvalue weighted by Gasteiger charge is 2.01. The topological polar surface area (TPSA) is 84.6 Å². The third-order valence-electron chi connectivity index (χ3n) is 1.34. The first-order chi connectivity index (χ1) is 6.22. The Morgan fingerprint density at radius 2 is 2.38 bits per heavy atom. The lowest BCUT2D eigenvalue weighted by Crippen LogP contribution is -2.20. The molecule has 0 unspecified atom stereocenters. The van der Waals surface area contributed by atoms with Gasteiger partial charge < -0.3 is 10.4 Å². The highest BCUT2D eigenvalue weighted by atomic mass is 16.6. The molecule has 4 N–H and O–H groups in total. The zero-order valence-electron chi connectivity index (χ0n) is 6.86. The van der Waals surface area contributed by atoms with E-state index in [1.54, 1.807) is 12.1 Å². The molecule has 0 fully saturated rings. The largest absolute Gasteiger partial charge is 0.508 e. The molecule has 5 nitrogen and oxygen atoms in total. The van der Waals surface area contributed by atoms with Gasteiger partial charge in [0.1, 0.15) is 12.4 Å². The third kappa shape index (κ3) is 3.10. The molecule has 1 aromatic carbocycles. The number of anilines is 1. The van der Waals surface area contributed by atoms with Gasteiger partial charge in [0, 0.05) is 11.8 Å². The summed E-state index contributed by atoms with van der Waals surface area (Å²) in [6.07, 6.45) is 0. The summed E-state index contributed by atoms with van der Waals surface area (Å²) < 4.78 is 0. The van der Waals surface area contributed by atoms with E-state index in [1.807, 2.05) is 0 Å². The van der Waals surface area contributed by atoms with Gasteiger partial charge in [-0.1, -0.05) is 6.07 Å². The normalized spacial score (nSPS) is 9.62. The number of benzene rings is 1. The Hall–Kier alpha value is -1.59. The van der Waals surface area contributed by atoms with Crippen molar-refractivity contribution in [1.29, 1.82) is 0 Å². The Morgan fingerprint density at radius 1 is 1.62 bits per heavy atom. The maximum Gasteiger partial charge on any atom is 0.252 e. The van der Waals surface area contributed by atoms with Crippen LogP contribution in [-0.2, 0) is 9.63 Å². The molecule has 0 bridgehead atoms. The van der Waals surface area contributed by atoms with E-state index in [4.69, 9.17) is 11.0 Å². The molecule has 0 atom stereocenters. The molecule has 0 saturated carbocycles. The summed E-state index contributed by atoms with van der Waals surface area (Å²) >= 11 is 0. The molecule has 0 aliphatic carbocycles. The first-order valence-electron chi connectivity index (χ1n) is 3.63. The minimum absolute atomic E-state index is 0.0893. The predicted octanol–water partition coefficient (Wildman–Crippen LogP) is 0.221. The molecule has 1 amide bonds. The van der Waals surface area contributed by atoms with Crippen LogP contribution >= 0.6 is 0 Å². The van der Waals surface area contributed by atoms with Crippen molar-refractivity contribution in [1.82, 2.24) is 0 Å². The predicted molar refractivity (Wildman–Crippen MR) is 46.9 cm³/mol. The number of carbonyl (C=O) groups excluding carboxylic acids is 1. The van der Waals surface area contributed by atoms with Gasteiger partial charge in [0.25, 0.3) is 5.91 Å². The Morgan fingerprint density at radius 3 is 3.00 bits per heavy atom. The molecule has 70 valence electrons. The number of aromatic hydroxyl groups is 1. The van der Waals surface area contributed by atoms with Crippen LogP contribution in [0.2, 0.25) is 0 Å². The lowest BCUT2D eigenvalue weighted by molar-refractivity contribution is -0.120. The number of nitrogens with two attached hydrogens (primary N) is 1. The Balaban J connectivity index is 2.58. The zero-order valence-corrected chi connectivity index (χ0v) is 6.86. The number of hydrogen-bond donors (Lipinski definition) is 3. The van der Waals surface area contributed by atoms with Crippen molar-refractivity contribution < 1.29 is 14.7 Å². The minimum atomic E-state index is -0.367. The third-order valence-corrected chi connectivity index (χ3v) is 1.34. The average molecular weight is 182 g/mol. The lowest BCUT2D eigenvalue weighted by atomic mass is 10.3. The molecular formula is C8H10N2O3. The van der Waals surface area contributed by atoms with Crippen molar-refractivity contribution in [2.24, 2.45) is 5.90 Å². The molecule has 5 heteroatoms. The van der Waals surface area contributed by atoms with Crippen molar-refractivity contribution >= 4 is 11.6 Å². The van der Waals surface area contributed by atoms with Gasteiger partial charge in [-0.05, 0) is 12.1 Å².